The monoisotopic (exact) mass is 377 g/mol. The van der Waals surface area contributed by atoms with Gasteiger partial charge in [0.05, 0.1) is 30.0 Å². The third-order valence-corrected chi connectivity index (χ3v) is 7.04. The van der Waals surface area contributed by atoms with E-state index in [1.54, 1.807) is 18.2 Å². The summed E-state index contributed by atoms with van der Waals surface area (Å²) in [6.07, 6.45) is 3.71. The number of methoxy groups -OCH3 is 1. The van der Waals surface area contributed by atoms with Gasteiger partial charge in [-0.2, -0.15) is 0 Å². The molecule has 0 saturated heterocycles. The van der Waals surface area contributed by atoms with Crippen molar-refractivity contribution in [1.82, 2.24) is 0 Å². The summed E-state index contributed by atoms with van der Waals surface area (Å²) >= 11 is 0. The number of carbonyl (C=O) groups is 2. The topological polar surface area (TPSA) is 75.6 Å². The molecule has 1 aliphatic heterocycles. The summed E-state index contributed by atoms with van der Waals surface area (Å²) in [5.41, 5.74) is 3.90. The first-order chi connectivity index (χ1) is 13.6. The molecule has 3 aliphatic rings. The van der Waals surface area contributed by atoms with Crippen molar-refractivity contribution >= 4 is 17.6 Å². The number of para-hydroxylation sites is 1. The standard InChI is InChI=1S/C23H23NO4/c1-28-23(27)13-7-5-12(6-8-13)20-19-15-10-9-14(11-15)18(19)16-3-2-4-17(22(25)26)21(16)24-20/h2-8,14-15,18-20,24H,9-11H2,1H3,(H,25,26). The molecule has 5 rings (SSSR count). The Kier molecular flexibility index (Phi) is 3.93. The third-order valence-electron chi connectivity index (χ3n) is 7.04. The van der Waals surface area contributed by atoms with Gasteiger partial charge in [0, 0.05) is 0 Å². The number of benzene rings is 2. The lowest BCUT2D eigenvalue weighted by atomic mass is 9.67. The smallest absolute Gasteiger partial charge is 0.337 e. The van der Waals surface area contributed by atoms with Crippen molar-refractivity contribution in [3.05, 3.63) is 64.7 Å². The van der Waals surface area contributed by atoms with Crippen LogP contribution in [0.15, 0.2) is 42.5 Å². The Hall–Kier alpha value is -2.82. The molecule has 2 aliphatic carbocycles. The Labute approximate surface area is 163 Å². The molecule has 2 aromatic rings. The summed E-state index contributed by atoms with van der Waals surface area (Å²) in [5, 5.41) is 13.3. The highest BCUT2D eigenvalue weighted by Crippen LogP contribution is 2.63. The molecule has 2 N–H and O–H groups in total. The van der Waals surface area contributed by atoms with Gasteiger partial charge in [0.25, 0.3) is 0 Å². The molecule has 5 atom stereocenters. The number of hydrogen-bond donors (Lipinski definition) is 2. The number of esters is 1. The van der Waals surface area contributed by atoms with E-state index >= 15 is 0 Å². The van der Waals surface area contributed by atoms with Crippen LogP contribution in [0.25, 0.3) is 0 Å². The maximum absolute atomic E-state index is 11.8. The van der Waals surface area contributed by atoms with Crippen molar-refractivity contribution in [3.63, 3.8) is 0 Å². The second-order valence-electron chi connectivity index (χ2n) is 8.25. The molecule has 2 bridgehead atoms. The van der Waals surface area contributed by atoms with Crippen LogP contribution >= 0.6 is 0 Å². The molecule has 5 nitrogen and oxygen atoms in total. The fourth-order valence-electron chi connectivity index (χ4n) is 5.97. The fraction of sp³-hybridized carbons (Fsp3) is 0.391. The number of fused-ring (bicyclic) bond motifs is 7. The molecular weight excluding hydrogens is 354 g/mol. The average molecular weight is 377 g/mol. The summed E-state index contributed by atoms with van der Waals surface area (Å²) in [5.74, 6) is 0.912. The van der Waals surface area contributed by atoms with Crippen molar-refractivity contribution < 1.29 is 19.4 Å². The zero-order chi connectivity index (χ0) is 19.4. The number of carbonyl (C=O) groups excluding carboxylic acids is 1. The third kappa shape index (κ3) is 2.45. The summed E-state index contributed by atoms with van der Waals surface area (Å²) in [4.78, 5) is 23.6. The molecule has 5 heteroatoms. The first kappa shape index (κ1) is 17.3. The van der Waals surface area contributed by atoms with Crippen LogP contribution in [0.4, 0.5) is 5.69 Å². The molecule has 28 heavy (non-hydrogen) atoms. The van der Waals surface area contributed by atoms with Gasteiger partial charge in [-0.25, -0.2) is 9.59 Å². The molecule has 144 valence electrons. The molecule has 2 aromatic carbocycles. The lowest BCUT2D eigenvalue weighted by Gasteiger charge is -2.44. The number of nitrogens with one attached hydrogen (secondary N) is 1. The number of carboxylic acids is 1. The molecule has 0 spiro atoms. The predicted molar refractivity (Wildman–Crippen MR) is 105 cm³/mol. The van der Waals surface area contributed by atoms with Gasteiger partial charge in [-0.15, -0.1) is 0 Å². The van der Waals surface area contributed by atoms with Crippen LogP contribution in [0.2, 0.25) is 0 Å². The van der Waals surface area contributed by atoms with Crippen molar-refractivity contribution in [2.24, 2.45) is 17.8 Å². The number of anilines is 1. The maximum atomic E-state index is 11.8. The Bertz CT molecular complexity index is 952. The summed E-state index contributed by atoms with van der Waals surface area (Å²) < 4.78 is 4.80. The minimum Gasteiger partial charge on any atom is -0.478 e. The van der Waals surface area contributed by atoms with Gasteiger partial charge in [-0.1, -0.05) is 24.3 Å². The van der Waals surface area contributed by atoms with Crippen molar-refractivity contribution in [3.8, 4) is 0 Å². The molecule has 2 saturated carbocycles. The van der Waals surface area contributed by atoms with Crippen molar-refractivity contribution in [2.45, 2.75) is 31.2 Å². The van der Waals surface area contributed by atoms with Gasteiger partial charge in [0.1, 0.15) is 0 Å². The first-order valence-electron chi connectivity index (χ1n) is 9.89. The lowest BCUT2D eigenvalue weighted by Crippen LogP contribution is -2.36. The predicted octanol–water partition coefficient (Wildman–Crippen LogP) is 4.47. The first-order valence-corrected chi connectivity index (χ1v) is 9.89. The van der Waals surface area contributed by atoms with E-state index in [1.807, 2.05) is 18.2 Å². The fourth-order valence-corrected chi connectivity index (χ4v) is 5.97. The highest BCUT2D eigenvalue weighted by Gasteiger charge is 2.54. The molecule has 0 radical (unpaired) electrons. The zero-order valence-electron chi connectivity index (χ0n) is 15.7. The van der Waals surface area contributed by atoms with Crippen LogP contribution in [-0.4, -0.2) is 24.2 Å². The lowest BCUT2D eigenvalue weighted by molar-refractivity contribution is 0.0599. The zero-order valence-corrected chi connectivity index (χ0v) is 15.7. The van der Waals surface area contributed by atoms with Crippen molar-refractivity contribution in [2.75, 3.05) is 12.4 Å². The van der Waals surface area contributed by atoms with Crippen LogP contribution < -0.4 is 5.32 Å². The number of hydrogen-bond acceptors (Lipinski definition) is 4. The second kappa shape index (κ2) is 6.36. The summed E-state index contributed by atoms with van der Waals surface area (Å²) in [7, 11) is 1.38. The Balaban J connectivity index is 1.59. The second-order valence-corrected chi connectivity index (χ2v) is 8.25. The van der Waals surface area contributed by atoms with Gasteiger partial charge in [0.2, 0.25) is 0 Å². The SMILES string of the molecule is COC(=O)c1ccc(C2Nc3c(C(=O)O)cccc3C3C4CCC(C4)C23)cc1. The van der Waals surface area contributed by atoms with Crippen LogP contribution in [-0.2, 0) is 4.74 Å². The van der Waals surface area contributed by atoms with Crippen LogP contribution in [0.3, 0.4) is 0 Å². The average Bonchev–Trinajstić information content (AvgIpc) is 3.35. The normalized spacial score (nSPS) is 29.5. The molecule has 0 amide bonds. The quantitative estimate of drug-likeness (QED) is 0.772. The Morgan fingerprint density at radius 2 is 1.82 bits per heavy atom. The molecule has 0 aromatic heterocycles. The maximum Gasteiger partial charge on any atom is 0.337 e. The number of carboxylic acid groups (broad SMARTS) is 1. The van der Waals surface area contributed by atoms with Gasteiger partial charge in [0.15, 0.2) is 0 Å². The van der Waals surface area contributed by atoms with Gasteiger partial charge in [-0.3, -0.25) is 0 Å². The molecular formula is C23H23NO4. The van der Waals surface area contributed by atoms with Crippen LogP contribution in [0, 0.1) is 17.8 Å². The van der Waals surface area contributed by atoms with E-state index in [2.05, 4.69) is 11.4 Å². The Morgan fingerprint density at radius 3 is 2.54 bits per heavy atom. The van der Waals surface area contributed by atoms with Gasteiger partial charge in [-0.05, 0) is 72.3 Å². The van der Waals surface area contributed by atoms with Crippen LogP contribution in [0.5, 0.6) is 0 Å². The highest BCUT2D eigenvalue weighted by atomic mass is 16.5. The molecule has 1 heterocycles. The highest BCUT2D eigenvalue weighted by molar-refractivity contribution is 5.95. The van der Waals surface area contributed by atoms with Gasteiger partial charge < -0.3 is 15.2 Å². The minimum absolute atomic E-state index is 0.0556. The summed E-state index contributed by atoms with van der Waals surface area (Å²) in [6.45, 7) is 0. The van der Waals surface area contributed by atoms with Crippen LogP contribution in [0.1, 0.15) is 63.1 Å². The van der Waals surface area contributed by atoms with Gasteiger partial charge >= 0.3 is 11.9 Å². The molecule has 5 unspecified atom stereocenters. The van der Waals surface area contributed by atoms with Crippen molar-refractivity contribution in [1.29, 1.82) is 0 Å². The number of aromatic carboxylic acids is 1. The number of ether oxygens (including phenoxy) is 1. The molecule has 2 fully saturated rings. The largest absolute Gasteiger partial charge is 0.478 e. The van der Waals surface area contributed by atoms with E-state index in [4.69, 9.17) is 4.74 Å². The van der Waals surface area contributed by atoms with E-state index < -0.39 is 5.97 Å². The van der Waals surface area contributed by atoms with E-state index in [-0.39, 0.29) is 12.0 Å². The number of rotatable bonds is 3. The van der Waals surface area contributed by atoms with E-state index in [0.29, 0.717) is 34.8 Å². The van der Waals surface area contributed by atoms with E-state index in [0.717, 1.165) is 11.3 Å². The minimum atomic E-state index is -0.897. The van der Waals surface area contributed by atoms with E-state index in [9.17, 15) is 14.7 Å². The van der Waals surface area contributed by atoms with E-state index in [1.165, 1.54) is 31.9 Å². The summed E-state index contributed by atoms with van der Waals surface area (Å²) in [6, 6.07) is 13.2. The Morgan fingerprint density at radius 1 is 1.07 bits per heavy atom.